The van der Waals surface area contributed by atoms with Gasteiger partial charge in [0.05, 0.1) is 10.5 Å². The summed E-state index contributed by atoms with van der Waals surface area (Å²) in [7, 11) is 0. The average Bonchev–Trinajstić information content (AvgIpc) is 2.92. The van der Waals surface area contributed by atoms with Gasteiger partial charge in [-0.3, -0.25) is 14.9 Å². The van der Waals surface area contributed by atoms with Crippen LogP contribution in [0.15, 0.2) is 103 Å². The van der Waals surface area contributed by atoms with Gasteiger partial charge in [0.2, 0.25) is 5.78 Å². The van der Waals surface area contributed by atoms with Crippen LogP contribution >= 0.6 is 0 Å². The molecule has 7 heteroatoms. The normalized spacial score (nSPS) is 11.4. The smallest absolute Gasteiger partial charge is 0.339 e. The number of nitro groups is 1. The van der Waals surface area contributed by atoms with Crippen molar-refractivity contribution in [3.8, 4) is 0 Å². The third-order valence-corrected chi connectivity index (χ3v) is 5.67. The fourth-order valence-corrected chi connectivity index (χ4v) is 3.61. The highest BCUT2D eigenvalue weighted by Crippen LogP contribution is 2.26. The van der Waals surface area contributed by atoms with Gasteiger partial charge in [-0.2, -0.15) is 0 Å². The van der Waals surface area contributed by atoms with E-state index in [9.17, 15) is 19.7 Å². The molecule has 0 aliphatic rings. The van der Waals surface area contributed by atoms with E-state index >= 15 is 0 Å². The van der Waals surface area contributed by atoms with Crippen LogP contribution in [0, 0.1) is 17.0 Å². The van der Waals surface area contributed by atoms with Crippen LogP contribution in [0.25, 0.3) is 0 Å². The lowest BCUT2D eigenvalue weighted by molar-refractivity contribution is -0.384. The maximum Gasteiger partial charge on any atom is 0.339 e. The summed E-state index contributed by atoms with van der Waals surface area (Å²) >= 11 is 0. The van der Waals surface area contributed by atoms with Crippen LogP contribution in [0.3, 0.4) is 0 Å². The van der Waals surface area contributed by atoms with Crippen LogP contribution in [-0.4, -0.2) is 16.7 Å². The number of benzene rings is 4. The maximum absolute atomic E-state index is 13.2. The lowest BCUT2D eigenvalue weighted by atomic mass is 9.99. The fourth-order valence-electron chi connectivity index (χ4n) is 3.61. The minimum absolute atomic E-state index is 0.120. The topological polar surface area (TPSA) is 98.5 Å². The number of nitrogens with zero attached hydrogens (tertiary/aromatic N) is 1. The molecule has 4 aromatic rings. The van der Waals surface area contributed by atoms with E-state index in [1.54, 1.807) is 42.5 Å². The van der Waals surface area contributed by atoms with Gasteiger partial charge in [0.1, 0.15) is 0 Å². The molecule has 1 atom stereocenters. The second kappa shape index (κ2) is 11.1. The van der Waals surface area contributed by atoms with E-state index in [1.807, 2.05) is 43.3 Å². The van der Waals surface area contributed by atoms with Crippen molar-refractivity contribution in [2.24, 2.45) is 0 Å². The zero-order valence-corrected chi connectivity index (χ0v) is 19.6. The molecule has 0 aromatic heterocycles. The Labute approximate surface area is 208 Å². The third kappa shape index (κ3) is 6.01. The largest absolute Gasteiger partial charge is 0.445 e. The first kappa shape index (κ1) is 24.3. The molecule has 0 aliphatic carbocycles. The molecule has 0 spiro atoms. The van der Waals surface area contributed by atoms with Gasteiger partial charge in [-0.25, -0.2) is 4.79 Å². The van der Waals surface area contributed by atoms with Crippen LogP contribution in [0.5, 0.6) is 0 Å². The molecule has 0 bridgehead atoms. The van der Waals surface area contributed by atoms with Gasteiger partial charge in [0.25, 0.3) is 5.69 Å². The van der Waals surface area contributed by atoms with E-state index in [2.05, 4.69) is 5.32 Å². The number of ether oxygens (including phenoxy) is 1. The Balaban J connectivity index is 1.50. The van der Waals surface area contributed by atoms with E-state index in [1.165, 1.54) is 29.8 Å². The molecule has 0 fully saturated rings. The number of nitrogens with one attached hydrogen (secondary N) is 1. The Hall–Kier alpha value is -4.78. The summed E-state index contributed by atoms with van der Waals surface area (Å²) in [6.07, 6.45) is -1.25. The maximum atomic E-state index is 13.2. The van der Waals surface area contributed by atoms with Gasteiger partial charge in [0.15, 0.2) is 6.10 Å². The molecule has 1 N–H and O–H groups in total. The van der Waals surface area contributed by atoms with Crippen molar-refractivity contribution in [2.75, 3.05) is 5.32 Å². The SMILES string of the molecule is Cc1ccc(NCc2ccc(C(=O)O[C@@H](C(=O)c3ccccc3)c3ccc([N+](=O)[O-])cc3)cc2)cc1. The number of ketones is 1. The molecule has 0 unspecified atom stereocenters. The first-order chi connectivity index (χ1) is 17.4. The molecule has 0 amide bonds. The minimum atomic E-state index is -1.25. The third-order valence-electron chi connectivity index (χ3n) is 5.67. The summed E-state index contributed by atoms with van der Waals surface area (Å²) in [5.74, 6) is -1.09. The molecule has 0 aliphatic heterocycles. The van der Waals surface area contributed by atoms with Gasteiger partial charge in [-0.15, -0.1) is 0 Å². The van der Waals surface area contributed by atoms with E-state index in [0.717, 1.165) is 11.3 Å². The monoisotopic (exact) mass is 480 g/mol. The first-order valence-electron chi connectivity index (χ1n) is 11.3. The van der Waals surface area contributed by atoms with Crippen molar-refractivity contribution in [3.05, 3.63) is 141 Å². The molecule has 4 rings (SSSR count). The van der Waals surface area contributed by atoms with Crippen molar-refractivity contribution >= 4 is 23.1 Å². The Bertz CT molecular complexity index is 1350. The van der Waals surface area contributed by atoms with Gasteiger partial charge >= 0.3 is 5.97 Å². The highest BCUT2D eigenvalue weighted by molar-refractivity contribution is 6.02. The molecule has 0 saturated heterocycles. The zero-order chi connectivity index (χ0) is 25.5. The number of nitro benzene ring substituents is 1. The molecule has 0 heterocycles. The van der Waals surface area contributed by atoms with Gasteiger partial charge in [-0.05, 0) is 48.9 Å². The van der Waals surface area contributed by atoms with Crippen LogP contribution < -0.4 is 5.32 Å². The molecule has 4 aromatic carbocycles. The minimum Gasteiger partial charge on any atom is -0.445 e. The summed E-state index contributed by atoms with van der Waals surface area (Å²) in [6.45, 7) is 2.61. The molecule has 180 valence electrons. The second-order valence-corrected chi connectivity index (χ2v) is 8.28. The lowest BCUT2D eigenvalue weighted by Crippen LogP contribution is -2.20. The number of hydrogen-bond donors (Lipinski definition) is 1. The van der Waals surface area contributed by atoms with Gasteiger partial charge < -0.3 is 10.1 Å². The van der Waals surface area contributed by atoms with Crippen LogP contribution in [0.4, 0.5) is 11.4 Å². The highest BCUT2D eigenvalue weighted by atomic mass is 16.6. The molecule has 0 radical (unpaired) electrons. The highest BCUT2D eigenvalue weighted by Gasteiger charge is 2.27. The predicted octanol–water partition coefficient (Wildman–Crippen LogP) is 6.30. The Kier molecular flexibility index (Phi) is 7.51. The number of anilines is 1. The number of carbonyl (C=O) groups excluding carboxylic acids is 2. The standard InChI is InChI=1S/C29H24N2O5/c1-20-7-15-25(16-8-20)30-19-21-9-11-24(12-10-21)29(33)36-28(27(32)22-5-3-2-4-6-22)23-13-17-26(18-14-23)31(34)35/h2-18,28,30H,19H2,1H3/t28-/m1/s1. The number of esters is 1. The number of aryl methyl sites for hydroxylation is 1. The van der Waals surface area contributed by atoms with Crippen molar-refractivity contribution in [3.63, 3.8) is 0 Å². The number of hydrogen-bond acceptors (Lipinski definition) is 6. The average molecular weight is 481 g/mol. The van der Waals surface area contributed by atoms with Crippen molar-refractivity contribution in [1.29, 1.82) is 0 Å². The fraction of sp³-hybridized carbons (Fsp3) is 0.103. The van der Waals surface area contributed by atoms with Crippen molar-refractivity contribution in [2.45, 2.75) is 19.6 Å². The van der Waals surface area contributed by atoms with E-state index in [4.69, 9.17) is 4.74 Å². The summed E-state index contributed by atoms with van der Waals surface area (Å²) in [5.41, 5.74) is 4.04. The lowest BCUT2D eigenvalue weighted by Gasteiger charge is -2.18. The molecule has 36 heavy (non-hydrogen) atoms. The number of Topliss-reactive ketones (excluding diaryl/α,β-unsaturated/α-hetero) is 1. The second-order valence-electron chi connectivity index (χ2n) is 8.28. The van der Waals surface area contributed by atoms with Gasteiger partial charge in [-0.1, -0.05) is 60.2 Å². The predicted molar refractivity (Wildman–Crippen MR) is 137 cm³/mol. The zero-order valence-electron chi connectivity index (χ0n) is 19.6. The van der Waals surface area contributed by atoms with Crippen LogP contribution in [0.1, 0.15) is 43.5 Å². The molecule has 7 nitrogen and oxygen atoms in total. The molecular weight excluding hydrogens is 456 g/mol. The number of carbonyl (C=O) groups is 2. The summed E-state index contributed by atoms with van der Waals surface area (Å²) in [5, 5.41) is 14.3. The van der Waals surface area contributed by atoms with E-state index in [0.29, 0.717) is 23.2 Å². The summed E-state index contributed by atoms with van der Waals surface area (Å²) in [6, 6.07) is 28.9. The Morgan fingerprint density at radius 1 is 0.833 bits per heavy atom. The van der Waals surface area contributed by atoms with Crippen LogP contribution in [0.2, 0.25) is 0 Å². The van der Waals surface area contributed by atoms with E-state index < -0.39 is 22.8 Å². The quantitative estimate of drug-likeness (QED) is 0.131. The van der Waals surface area contributed by atoms with Crippen molar-refractivity contribution < 1.29 is 19.2 Å². The summed E-state index contributed by atoms with van der Waals surface area (Å²) < 4.78 is 5.65. The molecular formula is C29H24N2O5. The molecule has 0 saturated carbocycles. The van der Waals surface area contributed by atoms with Crippen LogP contribution in [-0.2, 0) is 11.3 Å². The van der Waals surface area contributed by atoms with Gasteiger partial charge in [0, 0.05) is 35.5 Å². The first-order valence-corrected chi connectivity index (χ1v) is 11.3. The van der Waals surface area contributed by atoms with E-state index in [-0.39, 0.29) is 5.69 Å². The Morgan fingerprint density at radius 3 is 2.08 bits per heavy atom. The summed E-state index contributed by atoms with van der Waals surface area (Å²) in [4.78, 5) is 36.7. The number of non-ortho nitro benzene ring substituents is 1. The Morgan fingerprint density at radius 2 is 1.47 bits per heavy atom. The number of rotatable bonds is 9. The van der Waals surface area contributed by atoms with Crippen molar-refractivity contribution in [1.82, 2.24) is 0 Å².